The van der Waals surface area contributed by atoms with Crippen molar-refractivity contribution in [3.8, 4) is 22.8 Å². The number of allylic oxidation sites excluding steroid dienone is 2. The Hall–Kier alpha value is -3.34. The normalized spacial score (nSPS) is 12.4. The number of rotatable bonds is 8. The highest BCUT2D eigenvalue weighted by Crippen LogP contribution is 2.26. The zero-order valence-corrected chi connectivity index (χ0v) is 16.3. The number of hydrogen-bond acceptors (Lipinski definition) is 5. The van der Waals surface area contributed by atoms with Crippen molar-refractivity contribution in [2.24, 2.45) is 5.92 Å². The summed E-state index contributed by atoms with van der Waals surface area (Å²) in [4.78, 5) is 9.08. The fourth-order valence-corrected chi connectivity index (χ4v) is 2.84. The van der Waals surface area contributed by atoms with Gasteiger partial charge in [-0.15, -0.1) is 10.2 Å². The molecule has 3 rings (SSSR count). The van der Waals surface area contributed by atoms with Crippen molar-refractivity contribution in [3.63, 3.8) is 0 Å². The molecule has 0 aliphatic carbocycles. The van der Waals surface area contributed by atoms with Gasteiger partial charge in [0, 0.05) is 18.3 Å². The van der Waals surface area contributed by atoms with E-state index in [0.717, 1.165) is 17.7 Å². The lowest BCUT2D eigenvalue weighted by Crippen LogP contribution is -2.14. The van der Waals surface area contributed by atoms with Gasteiger partial charge in [-0.05, 0) is 30.0 Å². The minimum atomic E-state index is 0.454. The summed E-state index contributed by atoms with van der Waals surface area (Å²) in [5, 5.41) is 12.2. The van der Waals surface area contributed by atoms with Gasteiger partial charge in [0.25, 0.3) is 0 Å². The van der Waals surface area contributed by atoms with Gasteiger partial charge in [0.1, 0.15) is 11.4 Å². The average molecular weight is 371 g/mol. The van der Waals surface area contributed by atoms with Crippen molar-refractivity contribution < 1.29 is 0 Å². The third-order valence-electron chi connectivity index (χ3n) is 4.67. The molecule has 1 unspecified atom stereocenters. The van der Waals surface area contributed by atoms with Gasteiger partial charge in [0.15, 0.2) is 5.82 Å². The molecule has 5 nitrogen and oxygen atoms in total. The first-order valence-corrected chi connectivity index (χ1v) is 9.49. The van der Waals surface area contributed by atoms with Crippen LogP contribution in [0, 0.1) is 5.92 Å². The Balaban J connectivity index is 1.98. The quantitative estimate of drug-likeness (QED) is 0.553. The number of hydrogen-bond donors (Lipinski definition) is 1. The Bertz CT molecular complexity index is 936. The highest BCUT2D eigenvalue weighted by atomic mass is 15.2. The number of nitrogens with zero attached hydrogens (tertiary/aromatic N) is 4. The van der Waals surface area contributed by atoms with Crippen molar-refractivity contribution in [1.29, 1.82) is 0 Å². The van der Waals surface area contributed by atoms with Crippen LogP contribution in [0.2, 0.25) is 0 Å². The molecule has 3 aromatic rings. The molecule has 1 aromatic carbocycles. The first kappa shape index (κ1) is 19.4. The number of aromatic nitrogens is 4. The van der Waals surface area contributed by atoms with Crippen LogP contribution in [-0.2, 0) is 0 Å². The van der Waals surface area contributed by atoms with Crippen LogP contribution in [0.1, 0.15) is 20.3 Å². The molecule has 0 spiro atoms. The summed E-state index contributed by atoms with van der Waals surface area (Å²) < 4.78 is 0. The maximum absolute atomic E-state index is 4.74. The minimum absolute atomic E-state index is 0.454. The molecule has 2 heterocycles. The standard InChI is InChI=1S/C23H25N5/c1-4-11-19(17(3)5-2)16-25-23-21(18-12-7-6-8-13-18)27-28-22(26-23)20-14-9-10-15-24-20/h4,6-15,17H,1,5,16H2,2-3H3,(H,25,26,28)/b19-11-. The Kier molecular flexibility index (Phi) is 6.63. The largest absolute Gasteiger partial charge is 0.364 e. The first-order valence-electron chi connectivity index (χ1n) is 9.49. The predicted octanol–water partition coefficient (Wildman–Crippen LogP) is 5.17. The lowest BCUT2D eigenvalue weighted by molar-refractivity contribution is 0.647. The molecule has 1 atom stereocenters. The number of benzene rings is 1. The summed E-state index contributed by atoms with van der Waals surface area (Å²) in [6, 6.07) is 15.6. The minimum Gasteiger partial charge on any atom is -0.364 e. The van der Waals surface area contributed by atoms with Gasteiger partial charge in [-0.25, -0.2) is 4.98 Å². The molecule has 0 saturated carbocycles. The molecule has 0 aliphatic rings. The molecule has 0 radical (unpaired) electrons. The second-order valence-corrected chi connectivity index (χ2v) is 6.55. The molecule has 0 bridgehead atoms. The van der Waals surface area contributed by atoms with E-state index in [4.69, 9.17) is 4.98 Å². The van der Waals surface area contributed by atoms with E-state index in [0.29, 0.717) is 29.8 Å². The molecular formula is C23H25N5. The van der Waals surface area contributed by atoms with Crippen molar-refractivity contribution in [2.75, 3.05) is 11.9 Å². The number of anilines is 1. The van der Waals surface area contributed by atoms with Gasteiger partial charge < -0.3 is 5.32 Å². The summed E-state index contributed by atoms with van der Waals surface area (Å²) in [5.74, 6) is 1.65. The summed E-state index contributed by atoms with van der Waals surface area (Å²) in [7, 11) is 0. The third-order valence-corrected chi connectivity index (χ3v) is 4.67. The molecule has 142 valence electrons. The topological polar surface area (TPSA) is 63.6 Å². The van der Waals surface area contributed by atoms with Crippen LogP contribution in [0.25, 0.3) is 22.8 Å². The summed E-state index contributed by atoms with van der Waals surface area (Å²) in [5.41, 5.74) is 3.66. The zero-order valence-electron chi connectivity index (χ0n) is 16.3. The summed E-state index contributed by atoms with van der Waals surface area (Å²) >= 11 is 0. The van der Waals surface area contributed by atoms with Gasteiger partial charge in [0.05, 0.1) is 0 Å². The van der Waals surface area contributed by atoms with E-state index in [2.05, 4.69) is 47.0 Å². The smallest absolute Gasteiger partial charge is 0.202 e. The summed E-state index contributed by atoms with van der Waals surface area (Å²) in [6.45, 7) is 8.91. The maximum Gasteiger partial charge on any atom is 0.202 e. The van der Waals surface area contributed by atoms with Crippen LogP contribution in [0.4, 0.5) is 5.82 Å². The molecule has 0 fully saturated rings. The predicted molar refractivity (Wildman–Crippen MR) is 115 cm³/mol. The molecule has 2 aromatic heterocycles. The van der Waals surface area contributed by atoms with E-state index in [1.165, 1.54) is 5.57 Å². The van der Waals surface area contributed by atoms with Crippen LogP contribution < -0.4 is 5.32 Å². The van der Waals surface area contributed by atoms with E-state index >= 15 is 0 Å². The van der Waals surface area contributed by atoms with E-state index in [9.17, 15) is 0 Å². The number of pyridine rings is 1. The van der Waals surface area contributed by atoms with Crippen molar-refractivity contribution in [2.45, 2.75) is 20.3 Å². The fourth-order valence-electron chi connectivity index (χ4n) is 2.84. The highest BCUT2D eigenvalue weighted by molar-refractivity contribution is 5.72. The third kappa shape index (κ3) is 4.68. The van der Waals surface area contributed by atoms with Gasteiger partial charge in [-0.3, -0.25) is 4.98 Å². The van der Waals surface area contributed by atoms with E-state index < -0.39 is 0 Å². The van der Waals surface area contributed by atoms with Crippen LogP contribution in [0.5, 0.6) is 0 Å². The Morgan fingerprint density at radius 2 is 1.89 bits per heavy atom. The SMILES string of the molecule is C=C/C=C(/CNc1nc(-c2ccccn2)nnc1-c1ccccc1)C(C)CC. The van der Waals surface area contributed by atoms with Crippen molar-refractivity contribution in [1.82, 2.24) is 20.2 Å². The van der Waals surface area contributed by atoms with E-state index in [1.807, 2.05) is 54.6 Å². The van der Waals surface area contributed by atoms with E-state index in [1.54, 1.807) is 6.20 Å². The molecule has 0 saturated heterocycles. The van der Waals surface area contributed by atoms with Gasteiger partial charge in [0.2, 0.25) is 5.82 Å². The Morgan fingerprint density at radius 1 is 1.11 bits per heavy atom. The van der Waals surface area contributed by atoms with Crippen LogP contribution in [-0.4, -0.2) is 26.7 Å². The van der Waals surface area contributed by atoms with E-state index in [-0.39, 0.29) is 0 Å². The Labute approximate surface area is 166 Å². The monoisotopic (exact) mass is 371 g/mol. The Morgan fingerprint density at radius 3 is 2.57 bits per heavy atom. The van der Waals surface area contributed by atoms with Gasteiger partial charge >= 0.3 is 0 Å². The lowest BCUT2D eigenvalue weighted by atomic mass is 9.98. The lowest BCUT2D eigenvalue weighted by Gasteiger charge is -2.16. The zero-order chi connectivity index (χ0) is 19.8. The fraction of sp³-hybridized carbons (Fsp3) is 0.217. The molecule has 1 N–H and O–H groups in total. The summed E-state index contributed by atoms with van der Waals surface area (Å²) in [6.07, 6.45) is 6.69. The van der Waals surface area contributed by atoms with Gasteiger partial charge in [-0.2, -0.15) is 0 Å². The van der Waals surface area contributed by atoms with Crippen molar-refractivity contribution >= 4 is 5.82 Å². The molecular weight excluding hydrogens is 346 g/mol. The number of nitrogens with one attached hydrogen (secondary N) is 1. The molecule has 5 heteroatoms. The first-order chi connectivity index (χ1) is 13.7. The maximum atomic E-state index is 4.74. The highest BCUT2D eigenvalue weighted by Gasteiger charge is 2.14. The van der Waals surface area contributed by atoms with Crippen LogP contribution >= 0.6 is 0 Å². The van der Waals surface area contributed by atoms with Crippen LogP contribution in [0.15, 0.2) is 79.0 Å². The van der Waals surface area contributed by atoms with Gasteiger partial charge in [-0.1, -0.05) is 69.0 Å². The average Bonchev–Trinajstić information content (AvgIpc) is 2.77. The second-order valence-electron chi connectivity index (χ2n) is 6.55. The second kappa shape index (κ2) is 9.55. The van der Waals surface area contributed by atoms with Crippen molar-refractivity contribution in [3.05, 3.63) is 79.0 Å². The molecule has 28 heavy (non-hydrogen) atoms. The molecule has 0 amide bonds. The molecule has 0 aliphatic heterocycles. The van der Waals surface area contributed by atoms with Crippen LogP contribution in [0.3, 0.4) is 0 Å².